The smallest absolute Gasteiger partial charge is 0.0622 e. The molecule has 0 atom stereocenters. The summed E-state index contributed by atoms with van der Waals surface area (Å²) in [6.45, 7) is 0. The molecule has 0 unspecified atom stereocenters. The molecule has 0 heterocycles. The number of rotatable bonds is 1. The Kier molecular flexibility index (Phi) is 4.37. The van der Waals surface area contributed by atoms with Crippen molar-refractivity contribution in [2.45, 2.75) is 0 Å². The van der Waals surface area contributed by atoms with E-state index in [9.17, 15) is 0 Å². The van der Waals surface area contributed by atoms with Crippen molar-refractivity contribution < 1.29 is 0 Å². The van der Waals surface area contributed by atoms with Crippen LogP contribution in [0.4, 0.5) is 0 Å². The van der Waals surface area contributed by atoms with Crippen molar-refractivity contribution >= 4 is 64.7 Å². The Morgan fingerprint density at radius 1 is 1.09 bits per heavy atom. The summed E-state index contributed by atoms with van der Waals surface area (Å²) in [5.41, 5.74) is 1.26. The standard InChI is InChI=1S/C8H5BrI2/c9-8(11)7(10)6-4-2-1-3-5-6/h1-5H. The van der Waals surface area contributed by atoms with Gasteiger partial charge in [0.2, 0.25) is 0 Å². The molecule has 0 radical (unpaired) electrons. The van der Waals surface area contributed by atoms with Crippen molar-refractivity contribution in [2.24, 2.45) is 0 Å². The molecule has 0 bridgehead atoms. The first-order valence-electron chi connectivity index (χ1n) is 2.98. The SMILES string of the molecule is BrC(I)=C(I)c1ccccc1. The van der Waals surface area contributed by atoms with Crippen molar-refractivity contribution in [1.82, 2.24) is 0 Å². The van der Waals surface area contributed by atoms with Crippen LogP contribution in [0.5, 0.6) is 0 Å². The summed E-state index contributed by atoms with van der Waals surface area (Å²) in [4.78, 5) is 0. The minimum absolute atomic E-state index is 1.15. The van der Waals surface area contributed by atoms with Gasteiger partial charge in [0.1, 0.15) is 0 Å². The molecule has 58 valence electrons. The van der Waals surface area contributed by atoms with E-state index in [-0.39, 0.29) is 0 Å². The van der Waals surface area contributed by atoms with Crippen LogP contribution in [-0.2, 0) is 0 Å². The fourth-order valence-electron chi connectivity index (χ4n) is 0.694. The van der Waals surface area contributed by atoms with Crippen LogP contribution in [0.25, 0.3) is 3.58 Å². The largest absolute Gasteiger partial charge is 0.0698 e. The lowest BCUT2D eigenvalue weighted by Gasteiger charge is -1.97. The fraction of sp³-hybridized carbons (Fsp3) is 0. The molecule has 1 aromatic carbocycles. The molecule has 0 fully saturated rings. The van der Waals surface area contributed by atoms with Gasteiger partial charge in [0.05, 0.1) is 2.49 Å². The van der Waals surface area contributed by atoms with Crippen LogP contribution < -0.4 is 0 Å². The third-order valence-electron chi connectivity index (χ3n) is 1.19. The van der Waals surface area contributed by atoms with E-state index in [0.29, 0.717) is 0 Å². The van der Waals surface area contributed by atoms with E-state index in [2.05, 4.69) is 73.2 Å². The third kappa shape index (κ3) is 3.02. The van der Waals surface area contributed by atoms with Gasteiger partial charge in [-0.2, -0.15) is 0 Å². The lowest BCUT2D eigenvalue weighted by molar-refractivity contribution is 1.66. The third-order valence-corrected chi connectivity index (χ3v) is 5.06. The van der Waals surface area contributed by atoms with Crippen LogP contribution in [0.3, 0.4) is 0 Å². The Hall–Kier alpha value is 0.900. The average Bonchev–Trinajstić information content (AvgIpc) is 2.05. The molecular formula is C8H5BrI2. The molecule has 11 heavy (non-hydrogen) atoms. The lowest BCUT2D eigenvalue weighted by Crippen LogP contribution is -1.73. The summed E-state index contributed by atoms with van der Waals surface area (Å²) in [6, 6.07) is 10.3. The Morgan fingerprint density at radius 2 is 1.64 bits per heavy atom. The summed E-state index contributed by atoms with van der Waals surface area (Å²) in [7, 11) is 0. The van der Waals surface area contributed by atoms with E-state index in [4.69, 9.17) is 0 Å². The highest BCUT2D eigenvalue weighted by atomic mass is 127. The molecule has 1 aromatic rings. The maximum Gasteiger partial charge on any atom is 0.0698 e. The van der Waals surface area contributed by atoms with Crippen LogP contribution in [0.15, 0.2) is 32.8 Å². The van der Waals surface area contributed by atoms with Crippen LogP contribution in [0.2, 0.25) is 0 Å². The number of hydrogen-bond acceptors (Lipinski definition) is 0. The van der Waals surface area contributed by atoms with Gasteiger partial charge >= 0.3 is 0 Å². The lowest BCUT2D eigenvalue weighted by atomic mass is 10.2. The summed E-state index contributed by atoms with van der Waals surface area (Å²) < 4.78 is 2.41. The van der Waals surface area contributed by atoms with Crippen molar-refractivity contribution in [3.63, 3.8) is 0 Å². The topological polar surface area (TPSA) is 0 Å². The van der Waals surface area contributed by atoms with E-state index >= 15 is 0 Å². The molecule has 1 rings (SSSR count). The zero-order valence-electron chi connectivity index (χ0n) is 5.52. The molecule has 3 heteroatoms. The van der Waals surface area contributed by atoms with Gasteiger partial charge in [-0.25, -0.2) is 0 Å². The maximum atomic E-state index is 3.44. The molecule has 0 saturated heterocycles. The predicted molar refractivity (Wildman–Crippen MR) is 70.3 cm³/mol. The average molecular weight is 435 g/mol. The molecule has 0 aliphatic rings. The molecule has 0 amide bonds. The molecule has 0 aromatic heterocycles. The van der Waals surface area contributed by atoms with Crippen LogP contribution in [0.1, 0.15) is 5.56 Å². The highest BCUT2D eigenvalue weighted by Gasteiger charge is 1.98. The Morgan fingerprint density at radius 3 is 2.09 bits per heavy atom. The highest BCUT2D eigenvalue weighted by Crippen LogP contribution is 2.32. The monoisotopic (exact) mass is 434 g/mol. The van der Waals surface area contributed by atoms with Gasteiger partial charge in [0, 0.05) is 3.58 Å². The molecule has 0 aliphatic heterocycles. The van der Waals surface area contributed by atoms with Crippen LogP contribution >= 0.6 is 61.1 Å². The first-order valence-corrected chi connectivity index (χ1v) is 5.93. The molecular weight excluding hydrogens is 430 g/mol. The molecule has 0 nitrogen and oxygen atoms in total. The van der Waals surface area contributed by atoms with Crippen LogP contribution in [-0.4, -0.2) is 0 Å². The summed E-state index contributed by atoms with van der Waals surface area (Å²) in [6.07, 6.45) is 0. The fourth-order valence-corrected chi connectivity index (χ4v) is 1.59. The zero-order chi connectivity index (χ0) is 8.27. The second kappa shape index (κ2) is 4.81. The van der Waals surface area contributed by atoms with Gasteiger partial charge < -0.3 is 0 Å². The first kappa shape index (κ1) is 9.98. The number of hydrogen-bond donors (Lipinski definition) is 0. The minimum Gasteiger partial charge on any atom is -0.0622 e. The highest BCUT2D eigenvalue weighted by molar-refractivity contribution is 14.1. The summed E-state index contributed by atoms with van der Waals surface area (Å²) >= 11 is 8.02. The molecule has 0 spiro atoms. The van der Waals surface area contributed by atoms with E-state index < -0.39 is 0 Å². The molecule has 0 saturated carbocycles. The number of benzene rings is 1. The van der Waals surface area contributed by atoms with Crippen LogP contribution in [0, 0.1) is 0 Å². The predicted octanol–water partition coefficient (Wildman–Crippen LogP) is 4.58. The second-order valence-electron chi connectivity index (χ2n) is 1.94. The molecule has 0 N–H and O–H groups in total. The van der Waals surface area contributed by atoms with E-state index in [1.165, 1.54) is 9.14 Å². The Labute approximate surface area is 102 Å². The van der Waals surface area contributed by atoms with E-state index in [1.54, 1.807) is 0 Å². The number of halogens is 3. The van der Waals surface area contributed by atoms with Crippen molar-refractivity contribution in [3.05, 3.63) is 38.4 Å². The van der Waals surface area contributed by atoms with Gasteiger partial charge in [0.25, 0.3) is 0 Å². The second-order valence-corrected chi connectivity index (χ2v) is 6.37. The van der Waals surface area contributed by atoms with Gasteiger partial charge in [-0.3, -0.25) is 0 Å². The summed E-state index contributed by atoms with van der Waals surface area (Å²) in [5.74, 6) is 0. The maximum absolute atomic E-state index is 3.44. The van der Waals surface area contributed by atoms with Gasteiger partial charge in [-0.1, -0.05) is 30.3 Å². The quantitative estimate of drug-likeness (QED) is 0.568. The zero-order valence-corrected chi connectivity index (χ0v) is 11.4. The van der Waals surface area contributed by atoms with E-state index in [1.807, 2.05) is 18.2 Å². The minimum atomic E-state index is 1.15. The Balaban J connectivity index is 3.04. The molecule has 0 aliphatic carbocycles. The normalized spacial score (nSPS) is 12.6. The summed E-state index contributed by atoms with van der Waals surface area (Å²) in [5, 5.41) is 0. The van der Waals surface area contributed by atoms with E-state index in [0.717, 1.165) is 2.49 Å². The van der Waals surface area contributed by atoms with Crippen molar-refractivity contribution in [2.75, 3.05) is 0 Å². The van der Waals surface area contributed by atoms with Gasteiger partial charge in [-0.05, 0) is 66.7 Å². The van der Waals surface area contributed by atoms with Crippen molar-refractivity contribution in [1.29, 1.82) is 0 Å². The van der Waals surface area contributed by atoms with Gasteiger partial charge in [-0.15, -0.1) is 0 Å². The van der Waals surface area contributed by atoms with Crippen molar-refractivity contribution in [3.8, 4) is 0 Å². The Bertz CT molecular complexity index is 263. The van der Waals surface area contributed by atoms with Gasteiger partial charge in [0.15, 0.2) is 0 Å². The first-order chi connectivity index (χ1) is 5.22.